The summed E-state index contributed by atoms with van der Waals surface area (Å²) in [7, 11) is -6.80. The third-order valence-electron chi connectivity index (χ3n) is 12.9. The van der Waals surface area contributed by atoms with Crippen LogP contribution in [0.4, 0.5) is 24.7 Å². The Balaban J connectivity index is 0.959. The highest BCUT2D eigenvalue weighted by molar-refractivity contribution is 7.99. The number of piperidine rings is 1. The molecule has 2 saturated heterocycles. The lowest BCUT2D eigenvalue weighted by atomic mass is 9.78. The van der Waals surface area contributed by atoms with Crippen LogP contribution in [0, 0.1) is 5.92 Å². The number of sulfone groups is 1. The molecule has 4 aliphatic rings. The zero-order valence-corrected chi connectivity index (χ0v) is 39.2. The Morgan fingerprint density at radius 3 is 2.45 bits per heavy atom. The average Bonchev–Trinajstić information content (AvgIpc) is 3.99. The normalized spacial score (nSPS) is 22.4. The summed E-state index contributed by atoms with van der Waals surface area (Å²) in [6.45, 7) is 6.99. The molecule has 3 aromatic carbocycles. The van der Waals surface area contributed by atoms with Crippen LogP contribution in [0.15, 0.2) is 118 Å². The number of allylic oxidation sites excluding steroid dienone is 3. The lowest BCUT2D eigenvalue weighted by Gasteiger charge is -2.41. The predicted molar refractivity (Wildman–Crippen MR) is 247 cm³/mol. The number of thioether (sulfide) groups is 1. The number of halogens is 4. The molecule has 1 N–H and O–H groups in total. The summed E-state index contributed by atoms with van der Waals surface area (Å²) < 4.78 is 99.9. The van der Waals surface area contributed by atoms with Crippen LogP contribution in [0.3, 0.4) is 0 Å². The summed E-state index contributed by atoms with van der Waals surface area (Å²) in [6.07, 6.45) is 10.8. The third-order valence-corrected chi connectivity index (χ3v) is 17.3. The van der Waals surface area contributed by atoms with E-state index in [0.29, 0.717) is 74.1 Å². The van der Waals surface area contributed by atoms with E-state index in [0.717, 1.165) is 48.5 Å². The number of likely N-dealkylation sites (tertiary alicyclic amines) is 1. The Hall–Kier alpha value is -3.97. The van der Waals surface area contributed by atoms with Crippen LogP contribution in [0.25, 0.3) is 0 Å². The van der Waals surface area contributed by atoms with Crippen molar-refractivity contribution in [3.8, 4) is 0 Å². The maximum atomic E-state index is 14.3. The van der Waals surface area contributed by atoms with E-state index in [-0.39, 0.29) is 17.4 Å². The first-order valence-electron chi connectivity index (χ1n) is 21.4. The molecule has 0 saturated carbocycles. The van der Waals surface area contributed by atoms with E-state index >= 15 is 0 Å². The van der Waals surface area contributed by atoms with Crippen molar-refractivity contribution in [1.82, 2.24) is 24.7 Å². The van der Waals surface area contributed by atoms with Crippen LogP contribution in [0.2, 0.25) is 5.02 Å². The van der Waals surface area contributed by atoms with Gasteiger partial charge in [0.15, 0.2) is 0 Å². The van der Waals surface area contributed by atoms with Gasteiger partial charge in [0.05, 0.1) is 21.8 Å². The summed E-state index contributed by atoms with van der Waals surface area (Å²) in [6, 6.07) is 20.9. The van der Waals surface area contributed by atoms with E-state index in [1.807, 2.05) is 61.5 Å². The van der Waals surface area contributed by atoms with Crippen molar-refractivity contribution in [2.45, 2.75) is 76.8 Å². The van der Waals surface area contributed by atoms with Crippen LogP contribution < -0.4 is 9.62 Å². The van der Waals surface area contributed by atoms with Crippen LogP contribution in [0.1, 0.15) is 48.9 Å². The van der Waals surface area contributed by atoms with E-state index in [9.17, 15) is 30.0 Å². The summed E-state index contributed by atoms with van der Waals surface area (Å²) >= 11 is 7.91. The van der Waals surface area contributed by atoms with E-state index in [1.165, 1.54) is 35.3 Å². The summed E-state index contributed by atoms with van der Waals surface area (Å²) in [5.74, 6) is 1.11. The van der Waals surface area contributed by atoms with Crippen molar-refractivity contribution >= 4 is 54.7 Å². The number of sulfonamides is 1. The highest BCUT2D eigenvalue weighted by Gasteiger charge is 2.55. The lowest BCUT2D eigenvalue weighted by molar-refractivity contribution is -0.0435. The lowest BCUT2D eigenvalue weighted by Crippen LogP contribution is -2.47. The fourth-order valence-electron chi connectivity index (χ4n) is 9.34. The Bertz CT molecular complexity index is 2630. The van der Waals surface area contributed by atoms with Crippen LogP contribution in [-0.2, 0) is 32.8 Å². The maximum absolute atomic E-state index is 14.3. The molecule has 342 valence electrons. The average molecular weight is 957 g/mol. The Morgan fingerprint density at radius 1 is 0.969 bits per heavy atom. The fourth-order valence-corrected chi connectivity index (χ4v) is 12.8. The molecule has 3 aliphatic heterocycles. The number of hydrogen-bond acceptors (Lipinski definition) is 11. The van der Waals surface area contributed by atoms with E-state index in [1.54, 1.807) is 4.90 Å². The second kappa shape index (κ2) is 18.7. The molecular weight excluding hydrogens is 903 g/mol. The van der Waals surface area contributed by atoms with Crippen LogP contribution in [0.5, 0.6) is 0 Å². The standard InChI is InChI=1S/C46H53ClF3N7O4S3/c1-32-9-7-11-34(43(32)33-10-8-12-35(47)25-33)27-55-21-17-36(18-22-55)56-23-19-39-40(28-56)51-31-52-44(39)53-64(60,61)38-15-16-41(42(26-38)63(58,59)46(48,49)50)57-29-45(57,20-24-54(2)3)30-62-37-13-5-4-6-14-37/h4-16,25-26,31-32,36,43H,17-24,27-30H2,1-3H3,(H,51,52,53). The summed E-state index contributed by atoms with van der Waals surface area (Å²) in [5, 5.41) is 0.734. The second-order valence-corrected chi connectivity index (χ2v) is 22.6. The van der Waals surface area contributed by atoms with Gasteiger partial charge < -0.3 is 9.80 Å². The number of hydrogen-bond donors (Lipinski definition) is 1. The molecule has 4 heterocycles. The van der Waals surface area contributed by atoms with Gasteiger partial charge in [0.2, 0.25) is 0 Å². The largest absolute Gasteiger partial charge is 0.501 e. The maximum Gasteiger partial charge on any atom is 0.501 e. The van der Waals surface area contributed by atoms with Crippen LogP contribution >= 0.6 is 23.4 Å². The summed E-state index contributed by atoms with van der Waals surface area (Å²) in [4.78, 5) is 16.5. The van der Waals surface area contributed by atoms with Gasteiger partial charge in [-0.15, -0.1) is 11.8 Å². The molecule has 1 aliphatic carbocycles. The van der Waals surface area contributed by atoms with Gasteiger partial charge in [-0.25, -0.2) is 26.8 Å². The number of aromatic nitrogens is 2. The van der Waals surface area contributed by atoms with Gasteiger partial charge in [-0.2, -0.15) is 13.2 Å². The molecule has 0 spiro atoms. The van der Waals surface area contributed by atoms with Crippen molar-refractivity contribution in [1.29, 1.82) is 0 Å². The number of anilines is 2. The van der Waals surface area contributed by atoms with Gasteiger partial charge in [-0.1, -0.05) is 67.1 Å². The highest BCUT2D eigenvalue weighted by Crippen LogP contribution is 2.49. The number of rotatable bonds is 15. The molecule has 8 rings (SSSR count). The molecule has 0 radical (unpaired) electrons. The molecule has 0 bridgehead atoms. The minimum Gasteiger partial charge on any atom is -0.360 e. The van der Waals surface area contributed by atoms with E-state index < -0.39 is 40.7 Å². The third kappa shape index (κ3) is 10.1. The smallest absolute Gasteiger partial charge is 0.360 e. The highest BCUT2D eigenvalue weighted by atomic mass is 35.5. The van der Waals surface area contributed by atoms with Crippen molar-refractivity contribution in [3.05, 3.63) is 125 Å². The number of benzene rings is 3. The van der Waals surface area contributed by atoms with Gasteiger partial charge in [-0.05, 0) is 119 Å². The minimum atomic E-state index is -5.97. The second-order valence-electron chi connectivity index (χ2n) is 17.5. The van der Waals surface area contributed by atoms with Gasteiger partial charge in [0.25, 0.3) is 19.9 Å². The Morgan fingerprint density at radius 2 is 1.73 bits per heavy atom. The predicted octanol–water partition coefficient (Wildman–Crippen LogP) is 8.27. The van der Waals surface area contributed by atoms with Crippen LogP contribution in [-0.4, -0.2) is 118 Å². The zero-order chi connectivity index (χ0) is 45.4. The van der Waals surface area contributed by atoms with E-state index in [4.69, 9.17) is 11.6 Å². The van der Waals surface area contributed by atoms with Crippen molar-refractivity contribution in [2.75, 3.05) is 68.7 Å². The zero-order valence-electron chi connectivity index (χ0n) is 36.0. The molecule has 2 fully saturated rings. The van der Waals surface area contributed by atoms with Crippen molar-refractivity contribution in [3.63, 3.8) is 0 Å². The van der Waals surface area contributed by atoms with Gasteiger partial charge >= 0.3 is 5.51 Å². The first kappa shape index (κ1) is 46.6. The molecule has 4 aromatic rings. The number of alkyl halides is 3. The number of nitrogens with one attached hydrogen (secondary N) is 1. The summed E-state index contributed by atoms with van der Waals surface area (Å²) in [5.41, 5.74) is -2.66. The molecule has 3 atom stereocenters. The quantitative estimate of drug-likeness (QED) is 0.0917. The molecule has 3 unspecified atom stereocenters. The number of fused-ring (bicyclic) bond motifs is 1. The SMILES string of the molecule is CC1C=CC=C(CN2CCC(N3CCc4c(ncnc4NS(=O)(=O)c4ccc(N5CC5(CCN(C)C)CSc5ccccc5)c(S(=O)(=O)C(F)(F)F)c4)C3)CC2)C1c1cccc(Cl)c1. The molecule has 11 nitrogen and oxygen atoms in total. The first-order chi connectivity index (χ1) is 30.4. The van der Waals surface area contributed by atoms with Crippen molar-refractivity contribution < 1.29 is 30.0 Å². The molecule has 18 heteroatoms. The Labute approximate surface area is 383 Å². The Kier molecular flexibility index (Phi) is 13.6. The number of nitrogens with zero attached hydrogens (tertiary/aromatic N) is 6. The van der Waals surface area contributed by atoms with Crippen molar-refractivity contribution in [2.24, 2.45) is 5.92 Å². The molecule has 1 aromatic heterocycles. The monoisotopic (exact) mass is 955 g/mol. The minimum absolute atomic E-state index is 0.0219. The molecular formula is C46H53ClF3N7O4S3. The first-order valence-corrected chi connectivity index (χ1v) is 25.8. The van der Waals surface area contributed by atoms with Gasteiger partial charge in [0.1, 0.15) is 17.0 Å². The fraction of sp³-hybridized carbons (Fsp3) is 0.435. The molecule has 64 heavy (non-hydrogen) atoms. The topological polar surface area (TPSA) is 119 Å². The van der Waals surface area contributed by atoms with E-state index in [2.05, 4.69) is 61.8 Å². The van der Waals surface area contributed by atoms with Gasteiger partial charge in [0, 0.05) is 59.4 Å². The molecule has 0 amide bonds. The van der Waals surface area contributed by atoms with Gasteiger partial charge in [-0.3, -0.25) is 14.5 Å².